The Hall–Kier alpha value is -2.80. The van der Waals surface area contributed by atoms with E-state index in [-0.39, 0.29) is 12.7 Å². The van der Waals surface area contributed by atoms with Crippen LogP contribution in [-0.4, -0.2) is 195 Å². The Kier molecular flexibility index (Phi) is 44.2. The van der Waals surface area contributed by atoms with Crippen molar-refractivity contribution in [3.8, 4) is 0 Å². The smallest absolute Gasteiger partial charge is 0.326 e. The molecule has 0 spiro atoms. The van der Waals surface area contributed by atoms with Crippen molar-refractivity contribution in [1.29, 1.82) is 0 Å². The molecule has 3 amide bonds. The molecule has 0 unspecified atom stereocenters. The number of rotatable bonds is 51. The number of alkyl halides is 1. The van der Waals surface area contributed by atoms with Crippen LogP contribution in [0.25, 0.3) is 0 Å². The number of aromatic nitrogens is 3. The number of carbonyl (C=O) groups excluding carboxylic acids is 2. The first kappa shape index (κ1) is 60.2. The number of ether oxygens (including phenoxy) is 11. The van der Waals surface area contributed by atoms with E-state index in [9.17, 15) is 14.4 Å². The Morgan fingerprint density at radius 2 is 1.11 bits per heavy atom. The van der Waals surface area contributed by atoms with Gasteiger partial charge in [-0.25, -0.2) is 9.59 Å². The van der Waals surface area contributed by atoms with Gasteiger partial charge in [0, 0.05) is 45.1 Å². The van der Waals surface area contributed by atoms with Crippen molar-refractivity contribution >= 4 is 29.5 Å². The summed E-state index contributed by atoms with van der Waals surface area (Å²) in [5.74, 6) is -0.336. The summed E-state index contributed by atoms with van der Waals surface area (Å²) in [5, 5.41) is 25.4. The Balaban J connectivity index is 1.73. The molecule has 65 heavy (non-hydrogen) atoms. The zero-order valence-electron chi connectivity index (χ0n) is 39.0. The Morgan fingerprint density at radius 3 is 1.69 bits per heavy atom. The summed E-state index contributed by atoms with van der Waals surface area (Å²) < 4.78 is 62.2. The van der Waals surface area contributed by atoms with Gasteiger partial charge in [0.25, 0.3) is 0 Å². The van der Waals surface area contributed by atoms with Crippen LogP contribution in [0.15, 0.2) is 6.20 Å². The average molecular weight is 958 g/mol. The van der Waals surface area contributed by atoms with Crippen LogP contribution >= 0.6 is 11.6 Å². The van der Waals surface area contributed by atoms with Gasteiger partial charge in [0.05, 0.1) is 125 Å². The lowest BCUT2D eigenvalue weighted by molar-refractivity contribution is -0.139. The number of halogens is 1. The molecule has 0 fully saturated rings. The van der Waals surface area contributed by atoms with E-state index in [1.54, 1.807) is 4.68 Å². The molecular weight excluding hydrogens is 876 g/mol. The maximum atomic E-state index is 11.9. The molecule has 1 atom stereocenters. The van der Waals surface area contributed by atoms with Crippen molar-refractivity contribution in [3.63, 3.8) is 0 Å². The number of nitrogens with one attached hydrogen (secondary N) is 3. The highest BCUT2D eigenvalue weighted by Gasteiger charge is 2.18. The first-order chi connectivity index (χ1) is 32.0. The number of hydrogen-bond acceptors (Lipinski definition) is 16. The molecule has 0 saturated carbocycles. The number of aliphatic carboxylic acids is 1. The molecule has 22 heteroatoms. The molecule has 1 rings (SSSR count). The molecule has 0 saturated heterocycles. The van der Waals surface area contributed by atoms with Crippen LogP contribution in [0.3, 0.4) is 0 Å². The van der Waals surface area contributed by atoms with Crippen molar-refractivity contribution in [3.05, 3.63) is 11.9 Å². The van der Waals surface area contributed by atoms with Crippen LogP contribution in [0.5, 0.6) is 0 Å². The summed E-state index contributed by atoms with van der Waals surface area (Å²) >= 11 is 5.66. The predicted octanol–water partition coefficient (Wildman–Crippen LogP) is 3.34. The number of nitrogens with zero attached hydrogens (tertiary/aromatic N) is 3. The van der Waals surface area contributed by atoms with Gasteiger partial charge in [-0.2, -0.15) is 0 Å². The highest BCUT2D eigenvalue weighted by atomic mass is 35.5. The Morgan fingerprint density at radius 1 is 0.600 bits per heavy atom. The quantitative estimate of drug-likeness (QED) is 0.0416. The number of carbonyl (C=O) groups is 3. The molecule has 0 aliphatic rings. The average Bonchev–Trinajstić information content (AvgIpc) is 3.75. The molecule has 0 aliphatic carbocycles. The summed E-state index contributed by atoms with van der Waals surface area (Å²) in [6.45, 7) is 13.0. The van der Waals surface area contributed by atoms with E-state index < -0.39 is 18.0 Å². The fourth-order valence-electron chi connectivity index (χ4n) is 5.50. The van der Waals surface area contributed by atoms with Crippen LogP contribution in [0.1, 0.15) is 83.2 Å². The number of hydrogen-bond donors (Lipinski definition) is 4. The van der Waals surface area contributed by atoms with Gasteiger partial charge in [-0.3, -0.25) is 9.48 Å². The van der Waals surface area contributed by atoms with Crippen molar-refractivity contribution in [1.82, 2.24) is 30.9 Å². The van der Waals surface area contributed by atoms with Gasteiger partial charge in [-0.15, -0.1) is 16.7 Å². The summed E-state index contributed by atoms with van der Waals surface area (Å²) in [6, 6.07) is -1.33. The molecule has 1 aromatic rings. The highest BCUT2D eigenvalue weighted by molar-refractivity contribution is 6.17. The van der Waals surface area contributed by atoms with Crippen molar-refractivity contribution in [2.45, 2.75) is 96.7 Å². The molecule has 0 radical (unpaired) electrons. The SMILES string of the molecule is CCC[C@H](NC(=O)NCCCCCn1cc(COCCOCCOCCOCCOCCOCCOCCOCOCCCC(=O)NCCOCCOCCCCCCCl)nn1)C(=O)O. The van der Waals surface area contributed by atoms with Crippen LogP contribution in [0.4, 0.5) is 4.79 Å². The van der Waals surface area contributed by atoms with Crippen molar-refractivity contribution < 1.29 is 71.6 Å². The second-order valence-corrected chi connectivity index (χ2v) is 14.9. The van der Waals surface area contributed by atoms with E-state index in [1.165, 1.54) is 0 Å². The first-order valence-electron chi connectivity index (χ1n) is 23.3. The van der Waals surface area contributed by atoms with Crippen LogP contribution in [0.2, 0.25) is 0 Å². The molecule has 4 N–H and O–H groups in total. The summed E-state index contributed by atoms with van der Waals surface area (Å²) in [5.41, 5.74) is 0.735. The minimum absolute atomic E-state index is 0.0290. The van der Waals surface area contributed by atoms with Gasteiger partial charge in [0.2, 0.25) is 5.91 Å². The Bertz CT molecular complexity index is 1230. The lowest BCUT2D eigenvalue weighted by Crippen LogP contribution is -2.46. The van der Waals surface area contributed by atoms with Gasteiger partial charge >= 0.3 is 12.0 Å². The third-order valence-corrected chi connectivity index (χ3v) is 9.21. The van der Waals surface area contributed by atoms with Crippen LogP contribution < -0.4 is 16.0 Å². The molecule has 1 heterocycles. The number of carboxylic acids is 1. The normalized spacial score (nSPS) is 11.8. The van der Waals surface area contributed by atoms with Gasteiger partial charge in [0.1, 0.15) is 18.5 Å². The standard InChI is InChI=1S/C43H81ClN6O15/c1-2-11-40(42(52)53)47-43(54)46-14-7-5-8-16-50-36-39(48-49-50)37-63-34-32-61-30-28-59-26-24-57-22-23-58-25-27-60-29-31-62-33-35-65-38-64-18-10-12-41(51)45-15-19-56-21-20-55-17-9-4-3-6-13-44/h36,40H,2-35,37-38H2,1H3,(H,45,51)(H,52,53)(H2,46,47,54)/t40-/m0/s1. The number of urea groups is 1. The third kappa shape index (κ3) is 42.3. The van der Waals surface area contributed by atoms with Crippen LogP contribution in [-0.2, 0) is 74.8 Å². The van der Waals surface area contributed by atoms with E-state index in [0.717, 1.165) is 63.1 Å². The summed E-state index contributed by atoms with van der Waals surface area (Å²) in [4.78, 5) is 34.9. The first-order valence-corrected chi connectivity index (χ1v) is 23.8. The number of aryl methyl sites for hydroxylation is 1. The number of amides is 3. The second kappa shape index (κ2) is 47.7. The second-order valence-electron chi connectivity index (χ2n) is 14.6. The zero-order chi connectivity index (χ0) is 46.9. The largest absolute Gasteiger partial charge is 0.480 e. The van der Waals surface area contributed by atoms with E-state index >= 15 is 0 Å². The summed E-state index contributed by atoms with van der Waals surface area (Å²) in [7, 11) is 0. The van der Waals surface area contributed by atoms with Gasteiger partial charge in [0.15, 0.2) is 0 Å². The molecular formula is C43H81ClN6O15. The fourth-order valence-corrected chi connectivity index (χ4v) is 5.69. The molecule has 21 nitrogen and oxygen atoms in total. The molecule has 0 aliphatic heterocycles. The van der Waals surface area contributed by atoms with E-state index in [4.69, 9.17) is 68.8 Å². The van der Waals surface area contributed by atoms with E-state index in [1.807, 2.05) is 13.1 Å². The molecule has 0 bridgehead atoms. The zero-order valence-corrected chi connectivity index (χ0v) is 39.7. The Labute approximate surface area is 391 Å². The minimum Gasteiger partial charge on any atom is -0.480 e. The van der Waals surface area contributed by atoms with Crippen LogP contribution in [0, 0.1) is 0 Å². The summed E-state index contributed by atoms with van der Waals surface area (Å²) in [6.07, 6.45) is 10.8. The number of unbranched alkanes of at least 4 members (excludes halogenated alkanes) is 5. The lowest BCUT2D eigenvalue weighted by atomic mass is 10.2. The molecule has 1 aromatic heterocycles. The molecule has 0 aromatic carbocycles. The van der Waals surface area contributed by atoms with E-state index in [2.05, 4.69) is 26.3 Å². The maximum Gasteiger partial charge on any atom is 0.326 e. The number of carboxylic acid groups (broad SMARTS) is 1. The van der Waals surface area contributed by atoms with Crippen molar-refractivity contribution in [2.75, 3.05) is 151 Å². The highest BCUT2D eigenvalue weighted by Crippen LogP contribution is 2.03. The van der Waals surface area contributed by atoms with Crippen molar-refractivity contribution in [2.24, 2.45) is 0 Å². The fraction of sp³-hybridized carbons (Fsp3) is 0.884. The topological polar surface area (TPSA) is 240 Å². The van der Waals surface area contributed by atoms with Gasteiger partial charge in [-0.1, -0.05) is 31.4 Å². The minimum atomic E-state index is -1.03. The maximum absolute atomic E-state index is 11.9. The predicted molar refractivity (Wildman–Crippen MR) is 241 cm³/mol. The lowest BCUT2D eigenvalue weighted by Gasteiger charge is -2.14. The van der Waals surface area contributed by atoms with Gasteiger partial charge in [-0.05, 0) is 44.9 Å². The van der Waals surface area contributed by atoms with E-state index in [0.29, 0.717) is 171 Å². The molecule has 380 valence electrons. The monoisotopic (exact) mass is 957 g/mol. The van der Waals surface area contributed by atoms with Gasteiger partial charge < -0.3 is 73.2 Å². The third-order valence-electron chi connectivity index (χ3n) is 8.94.